The van der Waals surface area contributed by atoms with E-state index in [1.807, 2.05) is 11.3 Å². The fourth-order valence-electron chi connectivity index (χ4n) is 3.17. The summed E-state index contributed by atoms with van der Waals surface area (Å²) >= 11 is 1.92. The lowest BCUT2D eigenvalue weighted by atomic mass is 9.98. The predicted octanol–water partition coefficient (Wildman–Crippen LogP) is 4.28. The fraction of sp³-hybridized carbons (Fsp3) is 0.500. The molecule has 1 unspecified atom stereocenters. The van der Waals surface area contributed by atoms with E-state index in [-0.39, 0.29) is 6.04 Å². The number of thiazole rings is 1. The normalized spacial score (nSPS) is 15.7. The summed E-state index contributed by atoms with van der Waals surface area (Å²) in [5.74, 6) is 0. The maximum absolute atomic E-state index is 4.98. The van der Waals surface area contributed by atoms with Gasteiger partial charge in [0.25, 0.3) is 0 Å². The van der Waals surface area contributed by atoms with E-state index >= 15 is 0 Å². The second-order valence-electron chi connectivity index (χ2n) is 5.67. The Hall–Kier alpha value is -1.19. The maximum atomic E-state index is 4.98. The number of nitrogens with zero attached hydrogens (tertiary/aromatic N) is 1. The van der Waals surface area contributed by atoms with Gasteiger partial charge in [-0.1, -0.05) is 38.1 Å². The minimum absolute atomic E-state index is 0.252. The molecule has 1 aromatic heterocycles. The number of hydrogen-bond donors (Lipinski definition) is 1. The molecule has 0 saturated heterocycles. The molecule has 3 heteroatoms. The average Bonchev–Trinajstić information content (AvgIpc) is 2.96. The summed E-state index contributed by atoms with van der Waals surface area (Å²) in [5, 5.41) is 4.90. The van der Waals surface area contributed by atoms with Gasteiger partial charge in [-0.05, 0) is 49.8 Å². The molecule has 3 rings (SSSR count). The topological polar surface area (TPSA) is 24.9 Å². The SMILES string of the molecule is CCNC(c1nc2c(s1)CCCC2)c1ccccc1CC. The standard InChI is InChI=1S/C18H24N2S/c1-3-13-9-5-6-10-14(13)17(19-4-2)18-20-15-11-7-8-12-16(15)21-18/h5-6,9-10,17,19H,3-4,7-8,11-12H2,1-2H3. The van der Waals surface area contributed by atoms with Gasteiger partial charge < -0.3 is 5.32 Å². The highest BCUT2D eigenvalue weighted by Crippen LogP contribution is 2.33. The Balaban J connectivity index is 1.99. The molecule has 2 nitrogen and oxygen atoms in total. The highest BCUT2D eigenvalue weighted by molar-refractivity contribution is 7.11. The first-order valence-corrected chi connectivity index (χ1v) is 8.94. The Bertz CT molecular complexity index is 580. The number of hydrogen-bond acceptors (Lipinski definition) is 3. The van der Waals surface area contributed by atoms with Crippen molar-refractivity contribution >= 4 is 11.3 Å². The van der Waals surface area contributed by atoms with Crippen LogP contribution in [-0.2, 0) is 19.3 Å². The van der Waals surface area contributed by atoms with Crippen molar-refractivity contribution in [3.05, 3.63) is 51.0 Å². The molecular weight excluding hydrogens is 276 g/mol. The number of benzene rings is 1. The van der Waals surface area contributed by atoms with Gasteiger partial charge in [0.1, 0.15) is 5.01 Å². The van der Waals surface area contributed by atoms with Crippen LogP contribution < -0.4 is 5.32 Å². The molecule has 1 heterocycles. The lowest BCUT2D eigenvalue weighted by Gasteiger charge is -2.19. The smallest absolute Gasteiger partial charge is 0.115 e. The first-order valence-electron chi connectivity index (χ1n) is 8.13. The van der Waals surface area contributed by atoms with Crippen molar-refractivity contribution < 1.29 is 0 Å². The molecule has 0 radical (unpaired) electrons. The van der Waals surface area contributed by atoms with Crippen LogP contribution in [0.25, 0.3) is 0 Å². The zero-order chi connectivity index (χ0) is 14.7. The third-order valence-corrected chi connectivity index (χ3v) is 5.49. The quantitative estimate of drug-likeness (QED) is 0.891. The van der Waals surface area contributed by atoms with Gasteiger partial charge in [0.2, 0.25) is 0 Å². The fourth-order valence-corrected chi connectivity index (χ4v) is 4.42. The van der Waals surface area contributed by atoms with Gasteiger partial charge in [-0.15, -0.1) is 11.3 Å². The van der Waals surface area contributed by atoms with E-state index in [1.165, 1.54) is 52.4 Å². The van der Waals surface area contributed by atoms with Gasteiger partial charge in [0, 0.05) is 4.88 Å². The Labute approximate surface area is 131 Å². The minimum Gasteiger partial charge on any atom is -0.305 e. The van der Waals surface area contributed by atoms with E-state index in [0.717, 1.165) is 13.0 Å². The van der Waals surface area contributed by atoms with Crippen LogP contribution in [0.15, 0.2) is 24.3 Å². The van der Waals surface area contributed by atoms with Crippen LogP contribution in [0.5, 0.6) is 0 Å². The second-order valence-corrected chi connectivity index (χ2v) is 6.79. The van der Waals surface area contributed by atoms with Gasteiger partial charge >= 0.3 is 0 Å². The van der Waals surface area contributed by atoms with Crippen molar-refractivity contribution in [1.29, 1.82) is 0 Å². The van der Waals surface area contributed by atoms with Gasteiger partial charge in [-0.2, -0.15) is 0 Å². The van der Waals surface area contributed by atoms with Crippen LogP contribution in [0, 0.1) is 0 Å². The molecule has 112 valence electrons. The molecule has 1 aliphatic rings. The first kappa shape index (κ1) is 14.7. The highest BCUT2D eigenvalue weighted by atomic mass is 32.1. The van der Waals surface area contributed by atoms with E-state index < -0.39 is 0 Å². The predicted molar refractivity (Wildman–Crippen MR) is 90.1 cm³/mol. The zero-order valence-electron chi connectivity index (χ0n) is 13.0. The molecule has 1 N–H and O–H groups in total. The molecule has 0 aliphatic heterocycles. The van der Waals surface area contributed by atoms with Crippen LogP contribution >= 0.6 is 11.3 Å². The van der Waals surface area contributed by atoms with Crippen molar-refractivity contribution in [1.82, 2.24) is 10.3 Å². The van der Waals surface area contributed by atoms with Crippen LogP contribution in [0.2, 0.25) is 0 Å². The summed E-state index contributed by atoms with van der Waals surface area (Å²) in [4.78, 5) is 6.50. The molecule has 0 fully saturated rings. The summed E-state index contributed by atoms with van der Waals surface area (Å²) in [5.41, 5.74) is 4.18. The Morgan fingerprint density at radius 2 is 2.00 bits per heavy atom. The molecule has 0 bridgehead atoms. The summed E-state index contributed by atoms with van der Waals surface area (Å²) in [6.07, 6.45) is 6.09. The lowest BCUT2D eigenvalue weighted by Crippen LogP contribution is -2.23. The Morgan fingerprint density at radius 3 is 2.76 bits per heavy atom. The van der Waals surface area contributed by atoms with Crippen LogP contribution in [0.1, 0.15) is 59.4 Å². The molecule has 2 aromatic rings. The van der Waals surface area contributed by atoms with Crippen molar-refractivity contribution in [2.24, 2.45) is 0 Å². The van der Waals surface area contributed by atoms with Crippen molar-refractivity contribution in [3.63, 3.8) is 0 Å². The summed E-state index contributed by atoms with van der Waals surface area (Å²) in [7, 11) is 0. The van der Waals surface area contributed by atoms with E-state index in [0.29, 0.717) is 0 Å². The maximum Gasteiger partial charge on any atom is 0.115 e. The highest BCUT2D eigenvalue weighted by Gasteiger charge is 2.23. The molecule has 1 atom stereocenters. The van der Waals surface area contributed by atoms with Crippen LogP contribution in [0.3, 0.4) is 0 Å². The molecule has 1 aromatic carbocycles. The number of fused-ring (bicyclic) bond motifs is 1. The van der Waals surface area contributed by atoms with Gasteiger partial charge in [-0.3, -0.25) is 0 Å². The summed E-state index contributed by atoms with van der Waals surface area (Å²) in [6, 6.07) is 9.03. The number of aromatic nitrogens is 1. The van der Waals surface area contributed by atoms with Crippen LogP contribution in [0.4, 0.5) is 0 Å². The van der Waals surface area contributed by atoms with E-state index in [9.17, 15) is 0 Å². The third-order valence-electron chi connectivity index (χ3n) is 4.26. The molecule has 0 amide bonds. The molecular formula is C18H24N2S. The van der Waals surface area contributed by atoms with Crippen LogP contribution in [-0.4, -0.2) is 11.5 Å². The monoisotopic (exact) mass is 300 g/mol. The minimum atomic E-state index is 0.252. The van der Waals surface area contributed by atoms with E-state index in [2.05, 4.69) is 43.4 Å². The molecule has 1 aliphatic carbocycles. The Kier molecular flexibility index (Phi) is 4.71. The van der Waals surface area contributed by atoms with Crippen molar-refractivity contribution in [2.75, 3.05) is 6.54 Å². The van der Waals surface area contributed by atoms with Gasteiger partial charge in [0.15, 0.2) is 0 Å². The molecule has 21 heavy (non-hydrogen) atoms. The molecule has 0 saturated carbocycles. The third kappa shape index (κ3) is 3.04. The van der Waals surface area contributed by atoms with Crippen molar-refractivity contribution in [3.8, 4) is 0 Å². The summed E-state index contributed by atoms with van der Waals surface area (Å²) in [6.45, 7) is 5.37. The van der Waals surface area contributed by atoms with Gasteiger partial charge in [0.05, 0.1) is 11.7 Å². The first-order chi connectivity index (χ1) is 10.3. The number of nitrogens with one attached hydrogen (secondary N) is 1. The Morgan fingerprint density at radius 1 is 1.19 bits per heavy atom. The number of aryl methyl sites for hydroxylation is 3. The van der Waals surface area contributed by atoms with E-state index in [4.69, 9.17) is 4.98 Å². The largest absolute Gasteiger partial charge is 0.305 e. The zero-order valence-corrected chi connectivity index (χ0v) is 13.8. The molecule has 0 spiro atoms. The summed E-state index contributed by atoms with van der Waals surface area (Å²) < 4.78 is 0. The lowest BCUT2D eigenvalue weighted by molar-refractivity contribution is 0.616. The number of rotatable bonds is 5. The van der Waals surface area contributed by atoms with Crippen molar-refractivity contribution in [2.45, 2.75) is 52.0 Å². The second kappa shape index (κ2) is 6.71. The van der Waals surface area contributed by atoms with Gasteiger partial charge in [-0.25, -0.2) is 4.98 Å². The average molecular weight is 300 g/mol. The van der Waals surface area contributed by atoms with E-state index in [1.54, 1.807) is 0 Å².